The molecule has 3 rings (SSSR count). The lowest BCUT2D eigenvalue weighted by atomic mass is 10.3. The highest BCUT2D eigenvalue weighted by Crippen LogP contribution is 2.20. The molecule has 0 N–H and O–H groups in total. The number of rotatable bonds is 5. The van der Waals surface area contributed by atoms with E-state index in [9.17, 15) is 4.79 Å². The molecule has 3 heterocycles. The molecule has 0 aliphatic rings. The van der Waals surface area contributed by atoms with Crippen molar-refractivity contribution in [2.24, 2.45) is 0 Å². The van der Waals surface area contributed by atoms with Crippen LogP contribution in [0.4, 0.5) is 0 Å². The van der Waals surface area contributed by atoms with Gasteiger partial charge >= 0.3 is 5.97 Å². The van der Waals surface area contributed by atoms with Crippen LogP contribution in [0.5, 0.6) is 0 Å². The van der Waals surface area contributed by atoms with Gasteiger partial charge in [0.1, 0.15) is 5.76 Å². The molecule has 0 saturated heterocycles. The fourth-order valence-electron chi connectivity index (χ4n) is 1.84. The summed E-state index contributed by atoms with van der Waals surface area (Å²) in [5.74, 6) is 1.28. The third-order valence-electron chi connectivity index (χ3n) is 3.06. The van der Waals surface area contributed by atoms with Crippen LogP contribution in [-0.4, -0.2) is 25.9 Å². The average Bonchev–Trinajstić information content (AvgIpc) is 3.13. The lowest BCUT2D eigenvalue weighted by Gasteiger charge is -2.00. The first-order chi connectivity index (χ1) is 11.1. The normalized spacial score (nSPS) is 10.7. The lowest BCUT2D eigenvalue weighted by molar-refractivity contribution is -0.144. The van der Waals surface area contributed by atoms with Gasteiger partial charge in [0.05, 0.1) is 17.8 Å². The van der Waals surface area contributed by atoms with Crippen LogP contribution < -0.4 is 0 Å². The molecule has 7 nitrogen and oxygen atoms in total. The Morgan fingerprint density at radius 3 is 2.74 bits per heavy atom. The maximum atomic E-state index is 11.9. The van der Waals surface area contributed by atoms with E-state index >= 15 is 0 Å². The number of hydrogen-bond donors (Lipinski definition) is 0. The Labute approximate surface area is 136 Å². The number of thiazole rings is 1. The first kappa shape index (κ1) is 15.3. The molecule has 0 saturated carbocycles. The SMILES string of the molecule is Cc1nc(COC(=O)Cc2csc(-c3ncccn3)n2)oc1C. The van der Waals surface area contributed by atoms with Gasteiger partial charge in [0.2, 0.25) is 5.89 Å². The van der Waals surface area contributed by atoms with Crippen molar-refractivity contribution in [3.05, 3.63) is 46.9 Å². The highest BCUT2D eigenvalue weighted by Gasteiger charge is 2.13. The van der Waals surface area contributed by atoms with Crippen LogP contribution in [0, 0.1) is 13.8 Å². The van der Waals surface area contributed by atoms with Crippen molar-refractivity contribution in [2.75, 3.05) is 0 Å². The predicted molar refractivity (Wildman–Crippen MR) is 82.6 cm³/mol. The highest BCUT2D eigenvalue weighted by atomic mass is 32.1. The van der Waals surface area contributed by atoms with Crippen molar-refractivity contribution in [3.8, 4) is 10.8 Å². The van der Waals surface area contributed by atoms with E-state index < -0.39 is 0 Å². The Hall–Kier alpha value is -2.61. The zero-order valence-corrected chi connectivity index (χ0v) is 13.5. The fourth-order valence-corrected chi connectivity index (χ4v) is 2.61. The summed E-state index contributed by atoms with van der Waals surface area (Å²) in [4.78, 5) is 28.6. The maximum absolute atomic E-state index is 11.9. The van der Waals surface area contributed by atoms with Gasteiger partial charge in [-0.2, -0.15) is 0 Å². The van der Waals surface area contributed by atoms with Crippen molar-refractivity contribution in [3.63, 3.8) is 0 Å². The van der Waals surface area contributed by atoms with Crippen molar-refractivity contribution in [1.29, 1.82) is 0 Å². The van der Waals surface area contributed by atoms with Crippen LogP contribution in [0.2, 0.25) is 0 Å². The Bertz CT molecular complexity index is 794. The van der Waals surface area contributed by atoms with Crippen LogP contribution in [0.3, 0.4) is 0 Å². The summed E-state index contributed by atoms with van der Waals surface area (Å²) in [6.07, 6.45) is 3.39. The van der Waals surface area contributed by atoms with Crippen LogP contribution in [0.1, 0.15) is 23.0 Å². The quantitative estimate of drug-likeness (QED) is 0.664. The molecule has 3 aromatic rings. The lowest BCUT2D eigenvalue weighted by Crippen LogP contribution is -2.08. The van der Waals surface area contributed by atoms with E-state index in [4.69, 9.17) is 9.15 Å². The van der Waals surface area contributed by atoms with Crippen molar-refractivity contribution in [1.82, 2.24) is 19.9 Å². The number of aromatic nitrogens is 4. The molecule has 0 aliphatic heterocycles. The van der Waals surface area contributed by atoms with Gasteiger partial charge in [-0.1, -0.05) is 0 Å². The standard InChI is InChI=1S/C15H14N4O3S/c1-9-10(2)22-12(18-9)7-21-13(20)6-11-8-23-15(19-11)14-16-4-3-5-17-14/h3-5,8H,6-7H2,1-2H3. The molecule has 23 heavy (non-hydrogen) atoms. The Morgan fingerprint density at radius 2 is 2.04 bits per heavy atom. The van der Waals surface area contributed by atoms with Crippen LogP contribution in [0.25, 0.3) is 10.8 Å². The molecular weight excluding hydrogens is 316 g/mol. The smallest absolute Gasteiger partial charge is 0.312 e. The van der Waals surface area contributed by atoms with E-state index in [-0.39, 0.29) is 19.0 Å². The Morgan fingerprint density at radius 1 is 1.26 bits per heavy atom. The minimum atomic E-state index is -0.385. The second-order valence-electron chi connectivity index (χ2n) is 4.80. The first-order valence-corrected chi connectivity index (χ1v) is 7.80. The number of carbonyl (C=O) groups is 1. The number of esters is 1. The van der Waals surface area contributed by atoms with Gasteiger partial charge < -0.3 is 9.15 Å². The Kier molecular flexibility index (Phi) is 4.42. The molecule has 0 atom stereocenters. The number of aryl methyl sites for hydroxylation is 2. The monoisotopic (exact) mass is 330 g/mol. The summed E-state index contributed by atoms with van der Waals surface area (Å²) in [6.45, 7) is 3.68. The number of oxazole rings is 1. The average molecular weight is 330 g/mol. The molecule has 0 fully saturated rings. The molecule has 0 aromatic carbocycles. The third kappa shape index (κ3) is 3.78. The molecule has 0 amide bonds. The largest absolute Gasteiger partial charge is 0.455 e. The van der Waals surface area contributed by atoms with Gasteiger partial charge in [0, 0.05) is 17.8 Å². The van der Waals surface area contributed by atoms with Gasteiger partial charge in [-0.3, -0.25) is 4.79 Å². The van der Waals surface area contributed by atoms with Crippen LogP contribution in [-0.2, 0) is 22.6 Å². The highest BCUT2D eigenvalue weighted by molar-refractivity contribution is 7.13. The summed E-state index contributed by atoms with van der Waals surface area (Å²) in [5, 5.41) is 2.47. The molecular formula is C15H14N4O3S. The zero-order valence-electron chi connectivity index (χ0n) is 12.6. The molecule has 0 spiro atoms. The minimum absolute atomic E-state index is 0.0201. The van der Waals surface area contributed by atoms with Crippen molar-refractivity contribution >= 4 is 17.3 Å². The minimum Gasteiger partial charge on any atom is -0.455 e. The molecule has 3 aromatic heterocycles. The number of hydrogen-bond acceptors (Lipinski definition) is 8. The number of ether oxygens (including phenoxy) is 1. The van der Waals surface area contributed by atoms with E-state index in [1.54, 1.807) is 23.8 Å². The topological polar surface area (TPSA) is 91.0 Å². The van der Waals surface area contributed by atoms with E-state index in [1.807, 2.05) is 13.8 Å². The molecule has 8 heteroatoms. The molecule has 0 unspecified atom stereocenters. The maximum Gasteiger partial charge on any atom is 0.312 e. The summed E-state index contributed by atoms with van der Waals surface area (Å²) < 4.78 is 10.5. The molecule has 0 radical (unpaired) electrons. The summed E-state index contributed by atoms with van der Waals surface area (Å²) in [5.41, 5.74) is 1.42. The Balaban J connectivity index is 1.57. The first-order valence-electron chi connectivity index (χ1n) is 6.92. The fraction of sp³-hybridized carbons (Fsp3) is 0.267. The van der Waals surface area contributed by atoms with Gasteiger partial charge in [-0.15, -0.1) is 11.3 Å². The second kappa shape index (κ2) is 6.66. The molecule has 0 aliphatic carbocycles. The second-order valence-corrected chi connectivity index (χ2v) is 5.66. The van der Waals surface area contributed by atoms with Gasteiger partial charge in [-0.05, 0) is 19.9 Å². The predicted octanol–water partition coefficient (Wildman–Crippen LogP) is 2.49. The third-order valence-corrected chi connectivity index (χ3v) is 3.95. The van der Waals surface area contributed by atoms with E-state index in [2.05, 4.69) is 19.9 Å². The summed E-state index contributed by atoms with van der Waals surface area (Å²) >= 11 is 1.39. The summed E-state index contributed by atoms with van der Waals surface area (Å²) in [7, 11) is 0. The zero-order chi connectivity index (χ0) is 16.2. The summed E-state index contributed by atoms with van der Waals surface area (Å²) in [6, 6.07) is 1.74. The van der Waals surface area contributed by atoms with Crippen molar-refractivity contribution in [2.45, 2.75) is 26.9 Å². The van der Waals surface area contributed by atoms with Gasteiger partial charge in [0.25, 0.3) is 0 Å². The molecule has 0 bridgehead atoms. The van der Waals surface area contributed by atoms with Crippen molar-refractivity contribution < 1.29 is 13.9 Å². The number of carbonyl (C=O) groups excluding carboxylic acids is 1. The van der Waals surface area contributed by atoms with Gasteiger partial charge in [-0.25, -0.2) is 19.9 Å². The number of nitrogens with zero attached hydrogens (tertiary/aromatic N) is 4. The molecule has 118 valence electrons. The van der Waals surface area contributed by atoms with Gasteiger partial charge in [0.15, 0.2) is 17.4 Å². The van der Waals surface area contributed by atoms with E-state index in [0.717, 1.165) is 11.5 Å². The van der Waals surface area contributed by atoms with Crippen LogP contribution >= 0.6 is 11.3 Å². The van der Waals surface area contributed by atoms with Crippen LogP contribution in [0.15, 0.2) is 28.3 Å². The van der Waals surface area contributed by atoms with E-state index in [1.165, 1.54) is 11.3 Å². The van der Waals surface area contributed by atoms with E-state index in [0.29, 0.717) is 22.4 Å².